The Morgan fingerprint density at radius 1 is 0.556 bits per heavy atom. The van der Waals surface area contributed by atoms with Gasteiger partial charge in [0.25, 0.3) is 0 Å². The molecule has 0 radical (unpaired) electrons. The molecule has 0 heterocycles. The first-order valence-electron chi connectivity index (χ1n) is 8.18. The van der Waals surface area contributed by atoms with Crippen LogP contribution in [0.4, 0.5) is 0 Å². The summed E-state index contributed by atoms with van der Waals surface area (Å²) in [7, 11) is 0. The molecule has 2 heteroatoms. The average Bonchev–Trinajstić information content (AvgIpc) is 2.39. The maximum Gasteiger partial charge on any atom is 0.0819 e. The molecule has 0 aliphatic carbocycles. The fourth-order valence-electron chi connectivity index (χ4n) is 2.36. The molecule has 0 aliphatic rings. The summed E-state index contributed by atoms with van der Waals surface area (Å²) >= 11 is 0. The molecular formula is C16H34O2. The molecule has 0 saturated carbocycles. The van der Waals surface area contributed by atoms with Gasteiger partial charge >= 0.3 is 0 Å². The van der Waals surface area contributed by atoms with Gasteiger partial charge in [-0.1, -0.05) is 90.4 Å². The number of unbranched alkanes of at least 4 members (excludes halogenated alkanes) is 13. The lowest BCUT2D eigenvalue weighted by Gasteiger charge is -2.02. The zero-order valence-corrected chi connectivity index (χ0v) is 12.5. The summed E-state index contributed by atoms with van der Waals surface area (Å²) in [5, 5.41) is 8.16. The van der Waals surface area contributed by atoms with Crippen molar-refractivity contribution in [3.63, 3.8) is 0 Å². The summed E-state index contributed by atoms with van der Waals surface area (Å²) in [5.41, 5.74) is 0. The molecule has 0 unspecified atom stereocenters. The smallest absolute Gasteiger partial charge is 0.0819 e. The second-order valence-electron chi connectivity index (χ2n) is 5.43. The van der Waals surface area contributed by atoms with Crippen LogP contribution >= 0.6 is 0 Å². The summed E-state index contributed by atoms with van der Waals surface area (Å²) in [5.74, 6) is 0. The van der Waals surface area contributed by atoms with Gasteiger partial charge in [-0.2, -0.15) is 0 Å². The van der Waals surface area contributed by atoms with Gasteiger partial charge in [0.1, 0.15) is 0 Å². The topological polar surface area (TPSA) is 29.5 Å². The summed E-state index contributed by atoms with van der Waals surface area (Å²) in [6.07, 6.45) is 19.0. The van der Waals surface area contributed by atoms with E-state index >= 15 is 0 Å². The molecule has 110 valence electrons. The van der Waals surface area contributed by atoms with Gasteiger partial charge in [0.15, 0.2) is 0 Å². The molecule has 0 rings (SSSR count). The minimum absolute atomic E-state index is 0.498. The Bertz CT molecular complexity index is 121. The maximum atomic E-state index is 8.16. The first kappa shape index (κ1) is 17.9. The van der Waals surface area contributed by atoms with Gasteiger partial charge in [-0.15, -0.1) is 0 Å². The lowest BCUT2D eigenvalue weighted by Crippen LogP contribution is -1.88. The van der Waals surface area contributed by atoms with E-state index in [1.54, 1.807) is 0 Å². The third kappa shape index (κ3) is 15.9. The lowest BCUT2D eigenvalue weighted by atomic mass is 10.0. The maximum absolute atomic E-state index is 8.16. The first-order chi connectivity index (χ1) is 8.91. The van der Waals surface area contributed by atoms with Crippen molar-refractivity contribution < 1.29 is 10.1 Å². The third-order valence-corrected chi connectivity index (χ3v) is 3.59. The molecule has 0 aromatic heterocycles. The Labute approximate surface area is 114 Å². The van der Waals surface area contributed by atoms with E-state index < -0.39 is 0 Å². The summed E-state index contributed by atoms with van der Waals surface area (Å²) in [4.78, 5) is 4.05. The molecular weight excluding hydrogens is 224 g/mol. The van der Waals surface area contributed by atoms with Crippen molar-refractivity contribution in [1.82, 2.24) is 0 Å². The Kier molecular flexibility index (Phi) is 16.8. The van der Waals surface area contributed by atoms with Crippen molar-refractivity contribution in [3.05, 3.63) is 0 Å². The van der Waals surface area contributed by atoms with E-state index in [2.05, 4.69) is 11.8 Å². The van der Waals surface area contributed by atoms with Crippen LogP contribution in [-0.2, 0) is 4.89 Å². The van der Waals surface area contributed by atoms with E-state index in [1.807, 2.05) is 0 Å². The zero-order chi connectivity index (χ0) is 13.3. The second-order valence-corrected chi connectivity index (χ2v) is 5.43. The van der Waals surface area contributed by atoms with E-state index in [0.29, 0.717) is 6.61 Å². The Morgan fingerprint density at radius 3 is 1.22 bits per heavy atom. The van der Waals surface area contributed by atoms with Gasteiger partial charge in [0.2, 0.25) is 0 Å². The monoisotopic (exact) mass is 258 g/mol. The summed E-state index contributed by atoms with van der Waals surface area (Å²) in [6, 6.07) is 0. The van der Waals surface area contributed by atoms with Crippen LogP contribution in [0.25, 0.3) is 0 Å². The molecule has 2 nitrogen and oxygen atoms in total. The molecule has 0 amide bonds. The van der Waals surface area contributed by atoms with Crippen LogP contribution in [0, 0.1) is 0 Å². The molecule has 0 spiro atoms. The Hall–Kier alpha value is -0.0800. The van der Waals surface area contributed by atoms with Crippen LogP contribution in [-0.4, -0.2) is 11.9 Å². The predicted molar refractivity (Wildman–Crippen MR) is 78.9 cm³/mol. The van der Waals surface area contributed by atoms with Crippen LogP contribution < -0.4 is 0 Å². The highest BCUT2D eigenvalue weighted by Gasteiger charge is 1.93. The van der Waals surface area contributed by atoms with Crippen LogP contribution in [0.5, 0.6) is 0 Å². The van der Waals surface area contributed by atoms with Crippen molar-refractivity contribution in [2.24, 2.45) is 0 Å². The van der Waals surface area contributed by atoms with Gasteiger partial charge in [0, 0.05) is 0 Å². The molecule has 1 N–H and O–H groups in total. The van der Waals surface area contributed by atoms with Crippen LogP contribution in [0.2, 0.25) is 0 Å². The molecule has 0 saturated heterocycles. The van der Waals surface area contributed by atoms with E-state index in [0.717, 1.165) is 6.42 Å². The summed E-state index contributed by atoms with van der Waals surface area (Å²) < 4.78 is 0. The zero-order valence-electron chi connectivity index (χ0n) is 12.5. The van der Waals surface area contributed by atoms with Gasteiger partial charge in [-0.3, -0.25) is 5.26 Å². The number of rotatable bonds is 15. The third-order valence-electron chi connectivity index (χ3n) is 3.59. The van der Waals surface area contributed by atoms with Crippen molar-refractivity contribution in [2.75, 3.05) is 6.61 Å². The molecule has 0 aliphatic heterocycles. The molecule has 0 bridgehead atoms. The van der Waals surface area contributed by atoms with Crippen molar-refractivity contribution in [3.8, 4) is 0 Å². The number of hydrogen-bond donors (Lipinski definition) is 1. The quantitative estimate of drug-likeness (QED) is 0.223. The molecule has 0 aromatic carbocycles. The van der Waals surface area contributed by atoms with Crippen molar-refractivity contribution in [1.29, 1.82) is 0 Å². The second kappa shape index (κ2) is 16.9. The fraction of sp³-hybridized carbons (Fsp3) is 1.00. The first-order valence-corrected chi connectivity index (χ1v) is 8.18. The van der Waals surface area contributed by atoms with E-state index in [1.165, 1.54) is 83.5 Å². The SMILES string of the molecule is CCCCCCCCCCCCCCCCOO. The predicted octanol–water partition coefficient (Wildman–Crippen LogP) is 5.96. The van der Waals surface area contributed by atoms with E-state index in [4.69, 9.17) is 5.26 Å². The Morgan fingerprint density at radius 2 is 0.889 bits per heavy atom. The fourth-order valence-corrected chi connectivity index (χ4v) is 2.36. The lowest BCUT2D eigenvalue weighted by molar-refractivity contribution is -0.242. The van der Waals surface area contributed by atoms with Crippen LogP contribution in [0.15, 0.2) is 0 Å². The van der Waals surface area contributed by atoms with Crippen molar-refractivity contribution in [2.45, 2.75) is 96.8 Å². The van der Waals surface area contributed by atoms with Crippen LogP contribution in [0.3, 0.4) is 0 Å². The van der Waals surface area contributed by atoms with E-state index in [9.17, 15) is 0 Å². The molecule has 18 heavy (non-hydrogen) atoms. The van der Waals surface area contributed by atoms with Crippen LogP contribution in [0.1, 0.15) is 96.8 Å². The number of hydrogen-bond acceptors (Lipinski definition) is 2. The summed E-state index contributed by atoms with van der Waals surface area (Å²) in [6.45, 7) is 2.77. The molecule has 0 fully saturated rings. The minimum Gasteiger partial charge on any atom is -0.252 e. The van der Waals surface area contributed by atoms with E-state index in [-0.39, 0.29) is 0 Å². The normalized spacial score (nSPS) is 11.0. The largest absolute Gasteiger partial charge is 0.252 e. The van der Waals surface area contributed by atoms with Gasteiger partial charge < -0.3 is 0 Å². The van der Waals surface area contributed by atoms with Gasteiger partial charge in [-0.25, -0.2) is 4.89 Å². The highest BCUT2D eigenvalue weighted by molar-refractivity contribution is 4.49. The highest BCUT2D eigenvalue weighted by atomic mass is 17.1. The standard InChI is InChI=1S/C16H34O2/c1-2-3-4-5-6-7-8-9-10-11-12-13-14-15-16-18-17/h17H,2-16H2,1H3. The highest BCUT2D eigenvalue weighted by Crippen LogP contribution is 2.12. The van der Waals surface area contributed by atoms with Crippen molar-refractivity contribution >= 4 is 0 Å². The van der Waals surface area contributed by atoms with Gasteiger partial charge in [-0.05, 0) is 6.42 Å². The Balaban J connectivity index is 2.86. The minimum atomic E-state index is 0.498. The van der Waals surface area contributed by atoms with Gasteiger partial charge in [0.05, 0.1) is 6.61 Å². The average molecular weight is 258 g/mol. The molecule has 0 aromatic rings. The molecule has 0 atom stereocenters.